The van der Waals surface area contributed by atoms with Gasteiger partial charge < -0.3 is 14.5 Å². The van der Waals surface area contributed by atoms with E-state index in [0.29, 0.717) is 0 Å². The van der Waals surface area contributed by atoms with Crippen molar-refractivity contribution in [1.82, 2.24) is 10.2 Å². The van der Waals surface area contributed by atoms with Crippen molar-refractivity contribution in [2.45, 2.75) is 70.9 Å². The third-order valence-corrected chi connectivity index (χ3v) is 11.6. The number of carbonyl (C=O) groups is 3. The van der Waals surface area contributed by atoms with E-state index in [1.807, 2.05) is 37.3 Å². The molecule has 0 aromatic heterocycles. The Morgan fingerprint density at radius 1 is 1.19 bits per heavy atom. The van der Waals surface area contributed by atoms with E-state index in [1.54, 1.807) is 6.92 Å². The van der Waals surface area contributed by atoms with E-state index in [-0.39, 0.29) is 35.6 Å². The number of carbonyl (C=O) groups excluding carboxylic acids is 3. The molecule has 0 saturated carbocycles. The van der Waals surface area contributed by atoms with E-state index in [4.69, 9.17) is 9.16 Å². The van der Waals surface area contributed by atoms with Crippen LogP contribution in [0, 0.1) is 11.8 Å². The molecule has 170 valence electrons. The van der Waals surface area contributed by atoms with Crippen molar-refractivity contribution >= 4 is 26.2 Å². The van der Waals surface area contributed by atoms with Crippen molar-refractivity contribution in [3.05, 3.63) is 35.9 Å². The monoisotopic (exact) mass is 446 g/mol. The summed E-state index contributed by atoms with van der Waals surface area (Å²) in [5, 5.41) is 2.88. The van der Waals surface area contributed by atoms with Gasteiger partial charge in [0.15, 0.2) is 8.32 Å². The molecule has 2 aliphatic rings. The zero-order valence-corrected chi connectivity index (χ0v) is 20.5. The minimum atomic E-state index is -2.08. The van der Waals surface area contributed by atoms with Gasteiger partial charge in [-0.2, -0.15) is 0 Å². The Labute approximate surface area is 185 Å². The maximum absolute atomic E-state index is 13.3. The number of nitrogens with one attached hydrogen (secondary N) is 1. The summed E-state index contributed by atoms with van der Waals surface area (Å²) in [4.78, 5) is 39.3. The quantitative estimate of drug-likeness (QED) is 0.530. The summed E-state index contributed by atoms with van der Waals surface area (Å²) in [6.45, 7) is 14.5. The lowest BCUT2D eigenvalue weighted by atomic mass is 9.78. The minimum Gasteiger partial charge on any atom is -0.446 e. The number of nitrogens with zero attached hydrogens (tertiary/aromatic N) is 1. The number of rotatable bonds is 6. The first-order valence-corrected chi connectivity index (χ1v) is 13.8. The fourth-order valence-electron chi connectivity index (χ4n) is 4.03. The highest BCUT2D eigenvalue weighted by Gasteiger charge is 2.52. The van der Waals surface area contributed by atoms with Crippen LogP contribution in [0.15, 0.2) is 30.3 Å². The number of hydrogen-bond acceptors (Lipinski definition) is 5. The maximum Gasteiger partial charge on any atom is 0.417 e. The number of β-lactam (4-membered cyclic amide) rings is 1. The molecule has 0 spiro atoms. The Kier molecular flexibility index (Phi) is 6.35. The van der Waals surface area contributed by atoms with E-state index >= 15 is 0 Å². The molecule has 1 N–H and O–H groups in total. The number of imide groups is 1. The van der Waals surface area contributed by atoms with E-state index in [9.17, 15) is 14.4 Å². The van der Waals surface area contributed by atoms with Gasteiger partial charge in [-0.1, -0.05) is 58.0 Å². The van der Waals surface area contributed by atoms with Gasteiger partial charge in [0.25, 0.3) is 0 Å². The van der Waals surface area contributed by atoms with Crippen LogP contribution in [-0.2, 0) is 18.8 Å². The average Bonchev–Trinajstić information content (AvgIpc) is 3.05. The molecule has 1 aromatic carbocycles. The van der Waals surface area contributed by atoms with Crippen LogP contribution < -0.4 is 5.32 Å². The van der Waals surface area contributed by atoms with Gasteiger partial charge in [-0.05, 0) is 30.6 Å². The average molecular weight is 447 g/mol. The molecular weight excluding hydrogens is 412 g/mol. The zero-order valence-electron chi connectivity index (χ0n) is 19.5. The number of ether oxygens (including phenoxy) is 1. The van der Waals surface area contributed by atoms with Crippen LogP contribution in [0.25, 0.3) is 0 Å². The van der Waals surface area contributed by atoms with Gasteiger partial charge >= 0.3 is 6.09 Å². The molecule has 0 bridgehead atoms. The van der Waals surface area contributed by atoms with Crippen LogP contribution in [-0.4, -0.2) is 49.9 Å². The molecule has 0 unspecified atom stereocenters. The Hall–Kier alpha value is -2.19. The summed E-state index contributed by atoms with van der Waals surface area (Å²) in [6.07, 6.45) is -0.955. The first-order chi connectivity index (χ1) is 14.3. The van der Waals surface area contributed by atoms with E-state index in [1.165, 1.54) is 4.90 Å². The molecule has 3 rings (SSSR count). The van der Waals surface area contributed by atoms with E-state index in [2.05, 4.69) is 39.2 Å². The molecule has 5 atom stereocenters. The molecule has 3 amide bonds. The van der Waals surface area contributed by atoms with Crippen molar-refractivity contribution in [3.8, 4) is 0 Å². The topological polar surface area (TPSA) is 84.9 Å². The van der Waals surface area contributed by atoms with Crippen molar-refractivity contribution in [2.75, 3.05) is 6.61 Å². The van der Waals surface area contributed by atoms with E-state index < -0.39 is 32.3 Å². The first kappa shape index (κ1) is 23.5. The molecule has 1 aromatic rings. The number of cyclic esters (lactones) is 1. The van der Waals surface area contributed by atoms with Gasteiger partial charge in [-0.3, -0.25) is 9.59 Å². The second kappa shape index (κ2) is 8.39. The molecule has 2 aliphatic heterocycles. The van der Waals surface area contributed by atoms with Gasteiger partial charge in [-0.15, -0.1) is 0 Å². The Morgan fingerprint density at radius 2 is 1.81 bits per heavy atom. The summed E-state index contributed by atoms with van der Waals surface area (Å²) in [5.74, 6) is -1.46. The number of benzene rings is 1. The van der Waals surface area contributed by atoms with Crippen LogP contribution in [0.4, 0.5) is 4.79 Å². The molecule has 2 fully saturated rings. The summed E-state index contributed by atoms with van der Waals surface area (Å²) in [6, 6.07) is 8.52. The highest BCUT2D eigenvalue weighted by molar-refractivity contribution is 6.74. The van der Waals surface area contributed by atoms with Crippen LogP contribution in [0.2, 0.25) is 18.1 Å². The third kappa shape index (κ3) is 4.41. The van der Waals surface area contributed by atoms with Crippen LogP contribution in [0.1, 0.15) is 46.2 Å². The standard InChI is InChI=1S/C23H34N2O5Si/c1-14(19-18(20(26)24-19)15(2)30-31(6,7)23(3,4)5)21(27)25-17(13-29-22(25)28)16-11-9-8-10-12-16/h8-12,14-15,17-19H,13H2,1-7H3,(H,24,26)/t14-,15-,17+,18-,19-/m1/s1. The van der Waals surface area contributed by atoms with Gasteiger partial charge in [0.05, 0.1) is 24.0 Å². The number of hydrogen-bond donors (Lipinski definition) is 1. The van der Waals surface area contributed by atoms with Gasteiger partial charge in [-0.25, -0.2) is 9.69 Å². The predicted octanol–water partition coefficient (Wildman–Crippen LogP) is 3.87. The lowest BCUT2D eigenvalue weighted by Gasteiger charge is -2.47. The Morgan fingerprint density at radius 3 is 2.35 bits per heavy atom. The second-order valence-electron chi connectivity index (χ2n) is 10.1. The highest BCUT2D eigenvalue weighted by atomic mass is 28.4. The Balaban J connectivity index is 1.75. The van der Waals surface area contributed by atoms with Crippen LogP contribution in [0.3, 0.4) is 0 Å². The van der Waals surface area contributed by atoms with Gasteiger partial charge in [0.1, 0.15) is 12.6 Å². The van der Waals surface area contributed by atoms with Gasteiger partial charge in [0.2, 0.25) is 11.8 Å². The lowest BCUT2D eigenvalue weighted by Crippen LogP contribution is -2.67. The summed E-state index contributed by atoms with van der Waals surface area (Å²) < 4.78 is 11.6. The van der Waals surface area contributed by atoms with E-state index in [0.717, 1.165) is 5.56 Å². The zero-order chi connectivity index (χ0) is 23.1. The number of amides is 3. The lowest BCUT2D eigenvalue weighted by molar-refractivity contribution is -0.147. The molecule has 31 heavy (non-hydrogen) atoms. The largest absolute Gasteiger partial charge is 0.446 e. The van der Waals surface area contributed by atoms with Gasteiger partial charge in [0, 0.05) is 0 Å². The molecule has 2 saturated heterocycles. The molecule has 7 nitrogen and oxygen atoms in total. The van der Waals surface area contributed by atoms with Crippen molar-refractivity contribution < 1.29 is 23.5 Å². The minimum absolute atomic E-state index is 0.0145. The highest BCUT2D eigenvalue weighted by Crippen LogP contribution is 2.40. The maximum atomic E-state index is 13.3. The van der Waals surface area contributed by atoms with Crippen LogP contribution in [0.5, 0.6) is 0 Å². The van der Waals surface area contributed by atoms with Crippen molar-refractivity contribution in [2.24, 2.45) is 11.8 Å². The van der Waals surface area contributed by atoms with Crippen molar-refractivity contribution in [1.29, 1.82) is 0 Å². The summed E-state index contributed by atoms with van der Waals surface area (Å²) in [7, 11) is -2.08. The fraction of sp³-hybridized carbons (Fsp3) is 0.609. The molecule has 0 radical (unpaired) electrons. The second-order valence-corrected chi connectivity index (χ2v) is 14.9. The molecule has 0 aliphatic carbocycles. The molecule has 2 heterocycles. The third-order valence-electron chi connectivity index (χ3n) is 7.01. The summed E-state index contributed by atoms with van der Waals surface area (Å²) >= 11 is 0. The SMILES string of the molecule is C[C@@H](O[Si](C)(C)C(C)(C)C)[C@H]1C(=O)N[C@@H]1[C@@H](C)C(=O)N1C(=O)OC[C@H]1c1ccccc1. The van der Waals surface area contributed by atoms with Crippen molar-refractivity contribution in [3.63, 3.8) is 0 Å². The predicted molar refractivity (Wildman–Crippen MR) is 120 cm³/mol. The first-order valence-electron chi connectivity index (χ1n) is 10.9. The fourth-order valence-corrected chi connectivity index (χ4v) is 5.46. The molecule has 8 heteroatoms. The Bertz CT molecular complexity index is 851. The molecular formula is C23H34N2O5Si. The van der Waals surface area contributed by atoms with Crippen LogP contribution >= 0.6 is 0 Å². The smallest absolute Gasteiger partial charge is 0.417 e. The summed E-state index contributed by atoms with van der Waals surface area (Å²) in [5.41, 5.74) is 0.845. The normalized spacial score (nSPS) is 26.0.